The average molecular weight is 529 g/mol. The van der Waals surface area contributed by atoms with Gasteiger partial charge in [-0.1, -0.05) is 18.6 Å². The van der Waals surface area contributed by atoms with Crippen LogP contribution in [0.2, 0.25) is 0 Å². The summed E-state index contributed by atoms with van der Waals surface area (Å²) >= 11 is 0. The molecule has 8 rings (SSSR count). The van der Waals surface area contributed by atoms with Gasteiger partial charge in [0.1, 0.15) is 5.82 Å². The minimum absolute atomic E-state index is 0.0911. The van der Waals surface area contributed by atoms with Crippen LogP contribution in [0.15, 0.2) is 24.4 Å². The molecule has 5 aliphatic rings. The van der Waals surface area contributed by atoms with Crippen molar-refractivity contribution in [2.24, 2.45) is 11.1 Å². The van der Waals surface area contributed by atoms with Gasteiger partial charge >= 0.3 is 0 Å². The zero-order valence-electron chi connectivity index (χ0n) is 22.9. The van der Waals surface area contributed by atoms with E-state index in [9.17, 15) is 0 Å². The fourth-order valence-electron chi connectivity index (χ4n) is 8.02. The first kappa shape index (κ1) is 23.9. The van der Waals surface area contributed by atoms with Gasteiger partial charge in [-0.05, 0) is 74.8 Å². The summed E-state index contributed by atoms with van der Waals surface area (Å²) in [4.78, 5) is 17.7. The van der Waals surface area contributed by atoms with Gasteiger partial charge in [0, 0.05) is 45.4 Å². The molecule has 206 valence electrons. The Bertz CT molecular complexity index is 1370. The standard InChI is InChI=1S/C30H40N8O/c31-23-9-4-11-30(23)12-15-35(16-13-30)24-20-32-26-28(33-24)38(25-10-1-2-19-39-25)34-29(26)37-18-17-36-14-5-7-21-6-3-8-22(37)27(21)36/h3,6,8,20,23,25H,1-2,4-5,7,9-19,31H2. The fourth-order valence-corrected chi connectivity index (χ4v) is 8.02. The zero-order valence-corrected chi connectivity index (χ0v) is 22.9. The van der Waals surface area contributed by atoms with Crippen molar-refractivity contribution in [3.05, 3.63) is 30.0 Å². The molecule has 1 aliphatic carbocycles. The normalized spacial score (nSPS) is 26.4. The molecule has 1 aromatic carbocycles. The van der Waals surface area contributed by atoms with Crippen LogP contribution in [0.25, 0.3) is 11.2 Å². The highest BCUT2D eigenvalue weighted by Gasteiger charge is 2.43. The summed E-state index contributed by atoms with van der Waals surface area (Å²) in [6.07, 6.45) is 13.5. The van der Waals surface area contributed by atoms with Crippen LogP contribution < -0.4 is 20.4 Å². The Labute approximate surface area is 230 Å². The lowest BCUT2D eigenvalue weighted by molar-refractivity contribution is -0.0368. The summed E-state index contributed by atoms with van der Waals surface area (Å²) < 4.78 is 8.29. The summed E-state index contributed by atoms with van der Waals surface area (Å²) in [6, 6.07) is 7.08. The number of hydrogen-bond acceptors (Lipinski definition) is 8. The summed E-state index contributed by atoms with van der Waals surface area (Å²) in [7, 11) is 0. The number of para-hydroxylation sites is 1. The minimum atomic E-state index is -0.0911. The number of nitrogens with two attached hydrogens (primary N) is 1. The van der Waals surface area contributed by atoms with Gasteiger partial charge < -0.3 is 25.2 Å². The Kier molecular flexibility index (Phi) is 5.73. The third-order valence-electron chi connectivity index (χ3n) is 10.3. The lowest BCUT2D eigenvalue weighted by Crippen LogP contribution is -2.47. The van der Waals surface area contributed by atoms with E-state index in [2.05, 4.69) is 32.9 Å². The molecule has 1 saturated carbocycles. The van der Waals surface area contributed by atoms with E-state index in [0.29, 0.717) is 11.5 Å². The van der Waals surface area contributed by atoms with Crippen molar-refractivity contribution in [1.82, 2.24) is 19.7 Å². The van der Waals surface area contributed by atoms with Crippen molar-refractivity contribution in [3.63, 3.8) is 0 Å². The number of piperidine rings is 1. The Morgan fingerprint density at radius 1 is 0.923 bits per heavy atom. The monoisotopic (exact) mass is 528 g/mol. The van der Waals surface area contributed by atoms with Crippen molar-refractivity contribution >= 4 is 34.2 Å². The first-order valence-corrected chi connectivity index (χ1v) is 15.2. The highest BCUT2D eigenvalue weighted by atomic mass is 16.5. The number of aromatic nitrogens is 4. The summed E-state index contributed by atoms with van der Waals surface area (Å²) in [6.45, 7) is 5.79. The van der Waals surface area contributed by atoms with E-state index in [4.69, 9.17) is 25.5 Å². The van der Waals surface area contributed by atoms with Crippen LogP contribution >= 0.6 is 0 Å². The van der Waals surface area contributed by atoms with Crippen molar-refractivity contribution < 1.29 is 4.74 Å². The maximum absolute atomic E-state index is 6.56. The molecule has 0 bridgehead atoms. The molecule has 9 nitrogen and oxygen atoms in total. The van der Waals surface area contributed by atoms with Gasteiger partial charge in [0.05, 0.1) is 17.6 Å². The molecule has 1 spiro atoms. The van der Waals surface area contributed by atoms with Crippen LogP contribution in [-0.4, -0.2) is 65.1 Å². The predicted molar refractivity (Wildman–Crippen MR) is 154 cm³/mol. The maximum atomic E-state index is 6.56. The Morgan fingerprint density at radius 2 is 1.85 bits per heavy atom. The summed E-state index contributed by atoms with van der Waals surface area (Å²) in [5.74, 6) is 1.86. The van der Waals surface area contributed by atoms with Crippen molar-refractivity contribution in [2.75, 3.05) is 54.0 Å². The van der Waals surface area contributed by atoms with E-state index in [1.807, 2.05) is 10.9 Å². The predicted octanol–water partition coefficient (Wildman–Crippen LogP) is 4.53. The highest BCUT2D eigenvalue weighted by molar-refractivity contribution is 5.91. The number of anilines is 4. The van der Waals surface area contributed by atoms with Crippen molar-refractivity contribution in [1.29, 1.82) is 0 Å². The van der Waals surface area contributed by atoms with Gasteiger partial charge in [0.2, 0.25) is 0 Å². The lowest BCUT2D eigenvalue weighted by atomic mass is 9.74. The number of benzene rings is 1. The second-order valence-corrected chi connectivity index (χ2v) is 12.4. The van der Waals surface area contributed by atoms with Crippen LogP contribution in [0, 0.1) is 5.41 Å². The van der Waals surface area contributed by atoms with Gasteiger partial charge in [0.25, 0.3) is 0 Å². The molecule has 6 heterocycles. The number of fused-ring (bicyclic) bond motifs is 1. The first-order valence-electron chi connectivity index (χ1n) is 15.2. The molecule has 39 heavy (non-hydrogen) atoms. The molecular formula is C30H40N8O. The quantitative estimate of drug-likeness (QED) is 0.531. The zero-order chi connectivity index (χ0) is 26.0. The maximum Gasteiger partial charge on any atom is 0.183 e. The van der Waals surface area contributed by atoms with E-state index in [-0.39, 0.29) is 6.23 Å². The van der Waals surface area contributed by atoms with Crippen LogP contribution in [0.1, 0.15) is 69.6 Å². The third kappa shape index (κ3) is 3.84. The van der Waals surface area contributed by atoms with Gasteiger partial charge in [0.15, 0.2) is 23.2 Å². The average Bonchev–Trinajstić information content (AvgIpc) is 3.54. The number of ether oxygens (including phenoxy) is 1. The van der Waals surface area contributed by atoms with Crippen LogP contribution in [0.3, 0.4) is 0 Å². The molecule has 3 fully saturated rings. The van der Waals surface area contributed by atoms with Gasteiger partial charge in [-0.3, -0.25) is 0 Å². The lowest BCUT2D eigenvalue weighted by Gasteiger charge is -2.42. The second-order valence-electron chi connectivity index (χ2n) is 12.4. The molecule has 0 radical (unpaired) electrons. The number of rotatable bonds is 3. The molecule has 9 heteroatoms. The molecule has 4 aliphatic heterocycles. The largest absolute Gasteiger partial charge is 0.368 e. The molecule has 2 aromatic heterocycles. The second kappa shape index (κ2) is 9.34. The molecule has 0 amide bonds. The molecule has 2 atom stereocenters. The molecular weight excluding hydrogens is 488 g/mol. The number of nitrogens with zero attached hydrogens (tertiary/aromatic N) is 7. The smallest absolute Gasteiger partial charge is 0.183 e. The Morgan fingerprint density at radius 3 is 2.67 bits per heavy atom. The molecule has 3 aromatic rings. The molecule has 2 N–H and O–H groups in total. The van der Waals surface area contributed by atoms with E-state index in [1.165, 1.54) is 42.6 Å². The topological polar surface area (TPSA) is 88.6 Å². The van der Waals surface area contributed by atoms with Gasteiger partial charge in [-0.25, -0.2) is 14.6 Å². The van der Waals surface area contributed by atoms with E-state index in [0.717, 1.165) is 101 Å². The highest BCUT2D eigenvalue weighted by Crippen LogP contribution is 2.47. The molecule has 2 unspecified atom stereocenters. The minimum Gasteiger partial charge on any atom is -0.368 e. The van der Waals surface area contributed by atoms with E-state index in [1.54, 1.807) is 0 Å². The van der Waals surface area contributed by atoms with Crippen molar-refractivity contribution in [2.45, 2.75) is 76.5 Å². The van der Waals surface area contributed by atoms with Crippen LogP contribution in [0.5, 0.6) is 0 Å². The SMILES string of the molecule is NC1CCCC12CCN(c1cnc3c(N4CCN5CCCc6cccc4c65)nn(C4CCCCO4)c3n1)CC2. The summed E-state index contributed by atoms with van der Waals surface area (Å²) in [5, 5.41) is 5.23. The number of hydrogen-bond donors (Lipinski definition) is 1. The Hall–Kier alpha value is -2.91. The number of aryl methyl sites for hydroxylation is 1. The fraction of sp³-hybridized carbons (Fsp3) is 0.633. The van der Waals surface area contributed by atoms with Crippen molar-refractivity contribution in [3.8, 4) is 0 Å². The third-order valence-corrected chi connectivity index (χ3v) is 10.3. The Balaban J connectivity index is 1.18. The van der Waals surface area contributed by atoms with Crippen LogP contribution in [0.4, 0.5) is 23.0 Å². The first-order chi connectivity index (χ1) is 19.2. The van der Waals surface area contributed by atoms with Gasteiger partial charge in [-0.2, -0.15) is 0 Å². The van der Waals surface area contributed by atoms with E-state index >= 15 is 0 Å². The van der Waals surface area contributed by atoms with E-state index < -0.39 is 0 Å². The molecule has 2 saturated heterocycles. The van der Waals surface area contributed by atoms with Gasteiger partial charge in [-0.15, -0.1) is 5.10 Å². The van der Waals surface area contributed by atoms with Crippen LogP contribution in [-0.2, 0) is 11.2 Å². The summed E-state index contributed by atoms with van der Waals surface area (Å²) in [5.41, 5.74) is 12.7.